The third-order valence-corrected chi connectivity index (χ3v) is 1.71. The second kappa shape index (κ2) is 4.84. The van der Waals surface area contributed by atoms with Gasteiger partial charge in [0.15, 0.2) is 0 Å². The molecule has 0 aromatic rings. The molecule has 1 amide bonds. The number of esters is 1. The minimum Gasteiger partial charge on any atom is -0.462 e. The van der Waals surface area contributed by atoms with E-state index in [4.69, 9.17) is 0 Å². The third kappa shape index (κ3) is 3.05. The normalized spacial score (nSPS) is 10.4. The maximum absolute atomic E-state index is 11.4. The molecule has 0 radical (unpaired) electrons. The fraction of sp³-hybridized carbons (Fsp3) is 0.778. The van der Waals surface area contributed by atoms with Gasteiger partial charge in [-0.3, -0.25) is 4.79 Å². The summed E-state index contributed by atoms with van der Waals surface area (Å²) in [6.07, 6.45) is 0. The van der Waals surface area contributed by atoms with Crippen molar-refractivity contribution in [3.63, 3.8) is 0 Å². The zero-order valence-electron chi connectivity index (χ0n) is 8.83. The van der Waals surface area contributed by atoms with Gasteiger partial charge in [-0.25, -0.2) is 4.79 Å². The Kier molecular flexibility index (Phi) is 4.45. The first-order valence-corrected chi connectivity index (χ1v) is 4.32. The molecule has 0 N–H and O–H groups in total. The summed E-state index contributed by atoms with van der Waals surface area (Å²) in [7, 11) is 1.21. The highest BCUT2D eigenvalue weighted by Crippen LogP contribution is 2.05. The van der Waals surface area contributed by atoms with Crippen molar-refractivity contribution in [1.29, 1.82) is 0 Å². The standard InChI is InChI=1S/C9H17NO3/c1-6(2)10(7(3)4)8(11)9(12)13-5/h6-7H,1-5H3. The van der Waals surface area contributed by atoms with Crippen LogP contribution in [0.15, 0.2) is 0 Å². The van der Waals surface area contributed by atoms with E-state index >= 15 is 0 Å². The average Bonchev–Trinajstić information content (AvgIpc) is 2.01. The monoisotopic (exact) mass is 187 g/mol. The summed E-state index contributed by atoms with van der Waals surface area (Å²) >= 11 is 0. The topological polar surface area (TPSA) is 46.6 Å². The van der Waals surface area contributed by atoms with Gasteiger partial charge in [-0.05, 0) is 27.7 Å². The van der Waals surface area contributed by atoms with Crippen LogP contribution in [0.1, 0.15) is 27.7 Å². The highest BCUT2D eigenvalue weighted by molar-refractivity contribution is 6.32. The first kappa shape index (κ1) is 11.9. The van der Waals surface area contributed by atoms with Gasteiger partial charge in [0.2, 0.25) is 0 Å². The Bertz CT molecular complexity index is 191. The van der Waals surface area contributed by atoms with E-state index in [9.17, 15) is 9.59 Å². The van der Waals surface area contributed by atoms with Crippen molar-refractivity contribution >= 4 is 11.9 Å². The van der Waals surface area contributed by atoms with Crippen LogP contribution in [0.5, 0.6) is 0 Å². The number of rotatable bonds is 2. The molecule has 4 heteroatoms. The lowest BCUT2D eigenvalue weighted by molar-refractivity contribution is -0.160. The Morgan fingerprint density at radius 3 is 1.69 bits per heavy atom. The smallest absolute Gasteiger partial charge is 0.396 e. The lowest BCUT2D eigenvalue weighted by atomic mass is 10.2. The number of hydrogen-bond acceptors (Lipinski definition) is 3. The summed E-state index contributed by atoms with van der Waals surface area (Å²) in [5, 5.41) is 0. The van der Waals surface area contributed by atoms with Crippen LogP contribution in [0.4, 0.5) is 0 Å². The predicted molar refractivity (Wildman–Crippen MR) is 49.1 cm³/mol. The van der Waals surface area contributed by atoms with Crippen LogP contribution in [0, 0.1) is 0 Å². The molecule has 0 fully saturated rings. The quantitative estimate of drug-likeness (QED) is 0.474. The number of amides is 1. The Morgan fingerprint density at radius 1 is 1.08 bits per heavy atom. The van der Waals surface area contributed by atoms with Crippen LogP contribution in [0.25, 0.3) is 0 Å². The van der Waals surface area contributed by atoms with Gasteiger partial charge in [0.25, 0.3) is 0 Å². The van der Waals surface area contributed by atoms with E-state index in [1.165, 1.54) is 12.0 Å². The van der Waals surface area contributed by atoms with Gasteiger partial charge in [0, 0.05) is 12.1 Å². The maximum Gasteiger partial charge on any atom is 0.396 e. The highest BCUT2D eigenvalue weighted by Gasteiger charge is 2.26. The summed E-state index contributed by atoms with van der Waals surface area (Å²) in [5.74, 6) is -1.38. The molecule has 0 aliphatic heterocycles. The van der Waals surface area contributed by atoms with Crippen LogP contribution in [-0.2, 0) is 14.3 Å². The molecule has 0 rings (SSSR count). The van der Waals surface area contributed by atoms with E-state index < -0.39 is 11.9 Å². The molecule has 0 heterocycles. The first-order chi connectivity index (χ1) is 5.91. The third-order valence-electron chi connectivity index (χ3n) is 1.71. The summed E-state index contributed by atoms with van der Waals surface area (Å²) < 4.78 is 4.36. The molecule has 0 bridgehead atoms. The number of nitrogens with zero attached hydrogens (tertiary/aromatic N) is 1. The molecule has 0 saturated heterocycles. The lowest BCUT2D eigenvalue weighted by Crippen LogP contribution is -2.45. The average molecular weight is 187 g/mol. The van der Waals surface area contributed by atoms with Crippen LogP contribution in [0.2, 0.25) is 0 Å². The van der Waals surface area contributed by atoms with Crippen LogP contribution >= 0.6 is 0 Å². The number of ether oxygens (including phenoxy) is 1. The number of methoxy groups -OCH3 is 1. The van der Waals surface area contributed by atoms with E-state index in [2.05, 4.69) is 4.74 Å². The van der Waals surface area contributed by atoms with Crippen LogP contribution < -0.4 is 0 Å². The SMILES string of the molecule is COC(=O)C(=O)N(C(C)C)C(C)C. The van der Waals surface area contributed by atoms with Gasteiger partial charge >= 0.3 is 11.9 Å². The Morgan fingerprint density at radius 2 is 1.46 bits per heavy atom. The molecule has 4 nitrogen and oxygen atoms in total. The highest BCUT2D eigenvalue weighted by atomic mass is 16.5. The van der Waals surface area contributed by atoms with E-state index in [-0.39, 0.29) is 12.1 Å². The Balaban J connectivity index is 4.56. The molecular formula is C9H17NO3. The zero-order chi connectivity index (χ0) is 10.6. The molecule has 0 spiro atoms. The van der Waals surface area contributed by atoms with Gasteiger partial charge in [-0.1, -0.05) is 0 Å². The van der Waals surface area contributed by atoms with Crippen molar-refractivity contribution in [2.75, 3.05) is 7.11 Å². The fourth-order valence-corrected chi connectivity index (χ4v) is 1.26. The van der Waals surface area contributed by atoms with Gasteiger partial charge in [-0.2, -0.15) is 0 Å². The molecule has 13 heavy (non-hydrogen) atoms. The minimum atomic E-state index is -0.803. The second-order valence-corrected chi connectivity index (χ2v) is 3.39. The van der Waals surface area contributed by atoms with Crippen molar-refractivity contribution in [2.24, 2.45) is 0 Å². The van der Waals surface area contributed by atoms with Gasteiger partial charge in [0.05, 0.1) is 7.11 Å². The predicted octanol–water partition coefficient (Wildman–Crippen LogP) is 0.805. The molecule has 0 atom stereocenters. The Hall–Kier alpha value is -1.06. The number of carbonyl (C=O) groups excluding carboxylic acids is 2. The molecule has 76 valence electrons. The second-order valence-electron chi connectivity index (χ2n) is 3.39. The van der Waals surface area contributed by atoms with Gasteiger partial charge < -0.3 is 9.64 Å². The first-order valence-electron chi connectivity index (χ1n) is 4.32. The van der Waals surface area contributed by atoms with Gasteiger partial charge in [-0.15, -0.1) is 0 Å². The number of hydrogen-bond donors (Lipinski definition) is 0. The largest absolute Gasteiger partial charge is 0.462 e. The molecule has 0 aromatic carbocycles. The molecule has 0 saturated carbocycles. The Labute approximate surface area is 78.9 Å². The van der Waals surface area contributed by atoms with E-state index in [0.717, 1.165) is 0 Å². The maximum atomic E-state index is 11.4. The summed E-state index contributed by atoms with van der Waals surface area (Å²) in [4.78, 5) is 23.8. The van der Waals surface area contributed by atoms with E-state index in [0.29, 0.717) is 0 Å². The number of carbonyl (C=O) groups is 2. The minimum absolute atomic E-state index is 0.00611. The van der Waals surface area contributed by atoms with Crippen LogP contribution in [-0.4, -0.2) is 36.0 Å². The van der Waals surface area contributed by atoms with Crippen molar-refractivity contribution in [3.05, 3.63) is 0 Å². The lowest BCUT2D eigenvalue weighted by Gasteiger charge is -2.29. The summed E-state index contributed by atoms with van der Waals surface area (Å²) in [6, 6.07) is 0.0122. The van der Waals surface area contributed by atoms with E-state index in [1.807, 2.05) is 27.7 Å². The van der Waals surface area contributed by atoms with E-state index in [1.54, 1.807) is 0 Å². The van der Waals surface area contributed by atoms with Gasteiger partial charge in [0.1, 0.15) is 0 Å². The van der Waals surface area contributed by atoms with Crippen LogP contribution in [0.3, 0.4) is 0 Å². The molecular weight excluding hydrogens is 170 g/mol. The molecule has 0 aromatic heterocycles. The van der Waals surface area contributed by atoms with Crippen molar-refractivity contribution in [3.8, 4) is 0 Å². The zero-order valence-corrected chi connectivity index (χ0v) is 8.83. The summed E-state index contributed by atoms with van der Waals surface area (Å²) in [5.41, 5.74) is 0. The molecule has 0 aliphatic rings. The van der Waals surface area contributed by atoms with Crippen molar-refractivity contribution in [2.45, 2.75) is 39.8 Å². The van der Waals surface area contributed by atoms with Crippen molar-refractivity contribution in [1.82, 2.24) is 4.90 Å². The molecule has 0 unspecified atom stereocenters. The fourth-order valence-electron chi connectivity index (χ4n) is 1.26. The van der Waals surface area contributed by atoms with Crippen molar-refractivity contribution < 1.29 is 14.3 Å². The molecule has 0 aliphatic carbocycles. The summed E-state index contributed by atoms with van der Waals surface area (Å²) in [6.45, 7) is 7.45.